The van der Waals surface area contributed by atoms with Crippen LogP contribution in [-0.4, -0.2) is 41.3 Å². The second-order valence-electron chi connectivity index (χ2n) is 8.39. The Bertz CT molecular complexity index is 970. The van der Waals surface area contributed by atoms with Crippen LogP contribution in [0.2, 0.25) is 0 Å². The van der Waals surface area contributed by atoms with E-state index < -0.39 is 29.6 Å². The number of benzene rings is 2. The van der Waals surface area contributed by atoms with E-state index in [1.807, 2.05) is 43.3 Å². The molecule has 0 aromatic heterocycles. The zero-order chi connectivity index (χ0) is 24.0. The molecule has 0 radical (unpaired) electrons. The van der Waals surface area contributed by atoms with Crippen LogP contribution in [0.4, 0.5) is 4.79 Å². The van der Waals surface area contributed by atoms with Crippen LogP contribution in [-0.2, 0) is 14.3 Å². The molecular weight excluding hydrogens is 420 g/mol. The van der Waals surface area contributed by atoms with E-state index in [1.165, 1.54) is 0 Å². The Morgan fingerprint density at radius 2 is 1.52 bits per heavy atom. The van der Waals surface area contributed by atoms with E-state index in [0.717, 1.165) is 22.3 Å². The highest BCUT2D eigenvalue weighted by atomic mass is 16.5. The van der Waals surface area contributed by atoms with Crippen LogP contribution in [0.1, 0.15) is 63.5 Å². The average Bonchev–Trinajstić information content (AvgIpc) is 3.14. The van der Waals surface area contributed by atoms with Gasteiger partial charge in [0.1, 0.15) is 18.2 Å². The number of hydrogen-bond donors (Lipinski definition) is 3. The van der Waals surface area contributed by atoms with E-state index in [2.05, 4.69) is 22.8 Å². The van der Waals surface area contributed by atoms with Crippen molar-refractivity contribution < 1.29 is 24.2 Å². The molecule has 0 spiro atoms. The zero-order valence-electron chi connectivity index (χ0n) is 19.4. The minimum absolute atomic E-state index is 0.0874. The van der Waals surface area contributed by atoms with E-state index in [9.17, 15) is 19.5 Å². The minimum Gasteiger partial charge on any atom is -0.480 e. The van der Waals surface area contributed by atoms with Crippen molar-refractivity contribution in [3.63, 3.8) is 0 Å². The maximum Gasteiger partial charge on any atom is 0.408 e. The smallest absolute Gasteiger partial charge is 0.408 e. The standard InChI is InChI=1S/C26H32N2O5/c1-4-11-22(23(29)30)27-24(31)26(5-2,6-3)28-25(32)33-16-21-19-14-9-7-12-17(19)18-13-8-10-15-20(18)21/h7-10,12-15,21-22H,4-6,11,16H2,1-3H3,(H,27,31)(H,28,32)(H,29,30). The van der Waals surface area contributed by atoms with Crippen LogP contribution in [0.5, 0.6) is 0 Å². The largest absolute Gasteiger partial charge is 0.480 e. The van der Waals surface area contributed by atoms with E-state index in [4.69, 9.17) is 4.74 Å². The quantitative estimate of drug-likeness (QED) is 0.494. The predicted octanol–water partition coefficient (Wildman–Crippen LogP) is 4.45. The summed E-state index contributed by atoms with van der Waals surface area (Å²) in [5.41, 5.74) is 3.22. The first-order chi connectivity index (χ1) is 15.9. The monoisotopic (exact) mass is 452 g/mol. The fraction of sp³-hybridized carbons (Fsp3) is 0.423. The number of hydrogen-bond acceptors (Lipinski definition) is 4. The first-order valence-electron chi connectivity index (χ1n) is 11.5. The first-order valence-corrected chi connectivity index (χ1v) is 11.5. The van der Waals surface area contributed by atoms with Crippen molar-refractivity contribution in [3.05, 3.63) is 59.7 Å². The lowest BCUT2D eigenvalue weighted by Crippen LogP contribution is -2.60. The van der Waals surface area contributed by atoms with Crippen molar-refractivity contribution in [1.82, 2.24) is 10.6 Å². The molecule has 0 fully saturated rings. The summed E-state index contributed by atoms with van der Waals surface area (Å²) in [4.78, 5) is 37.2. The van der Waals surface area contributed by atoms with E-state index in [0.29, 0.717) is 25.7 Å². The summed E-state index contributed by atoms with van der Waals surface area (Å²) in [7, 11) is 0. The Balaban J connectivity index is 1.71. The number of aliphatic carboxylic acids is 1. The lowest BCUT2D eigenvalue weighted by molar-refractivity contribution is -0.143. The van der Waals surface area contributed by atoms with Gasteiger partial charge in [-0.2, -0.15) is 0 Å². The summed E-state index contributed by atoms with van der Waals surface area (Å²) in [6.45, 7) is 5.55. The molecule has 0 saturated carbocycles. The van der Waals surface area contributed by atoms with Gasteiger partial charge < -0.3 is 20.5 Å². The summed E-state index contributed by atoms with van der Waals surface area (Å²) in [5.74, 6) is -1.69. The molecule has 0 bridgehead atoms. The van der Waals surface area contributed by atoms with Gasteiger partial charge in [-0.1, -0.05) is 75.7 Å². The van der Waals surface area contributed by atoms with Crippen molar-refractivity contribution in [3.8, 4) is 11.1 Å². The number of carbonyl (C=O) groups is 3. The van der Waals surface area contributed by atoms with Crippen LogP contribution in [0.25, 0.3) is 11.1 Å². The van der Waals surface area contributed by atoms with Gasteiger partial charge in [-0.25, -0.2) is 9.59 Å². The first kappa shape index (κ1) is 24.3. The van der Waals surface area contributed by atoms with Crippen LogP contribution in [0.3, 0.4) is 0 Å². The Kier molecular flexibility index (Phi) is 7.74. The number of carbonyl (C=O) groups excluding carboxylic acids is 2. The summed E-state index contributed by atoms with van der Waals surface area (Å²) >= 11 is 0. The number of carboxylic acids is 1. The number of rotatable bonds is 10. The molecule has 7 nitrogen and oxygen atoms in total. The van der Waals surface area contributed by atoms with Gasteiger partial charge in [0.2, 0.25) is 5.91 Å². The van der Waals surface area contributed by atoms with Crippen molar-refractivity contribution in [2.45, 2.75) is 64.0 Å². The van der Waals surface area contributed by atoms with Crippen LogP contribution < -0.4 is 10.6 Å². The lowest BCUT2D eigenvalue weighted by atomic mass is 9.91. The number of fused-ring (bicyclic) bond motifs is 3. The highest BCUT2D eigenvalue weighted by molar-refractivity contribution is 5.92. The molecule has 3 N–H and O–H groups in total. The molecule has 1 atom stereocenters. The summed E-state index contributed by atoms with van der Waals surface area (Å²) in [6, 6.07) is 15.1. The van der Waals surface area contributed by atoms with Gasteiger partial charge in [0.05, 0.1) is 0 Å². The molecule has 0 heterocycles. The molecule has 2 aromatic carbocycles. The molecule has 7 heteroatoms. The molecule has 176 valence electrons. The number of ether oxygens (including phenoxy) is 1. The van der Waals surface area contributed by atoms with Gasteiger partial charge in [0.25, 0.3) is 0 Å². The van der Waals surface area contributed by atoms with E-state index in [1.54, 1.807) is 13.8 Å². The van der Waals surface area contributed by atoms with Gasteiger partial charge in [-0.05, 0) is 41.5 Å². The Hall–Kier alpha value is -3.35. The molecule has 3 rings (SSSR count). The molecule has 1 unspecified atom stereocenters. The SMILES string of the molecule is CCCC(NC(=O)C(CC)(CC)NC(=O)OCC1c2ccccc2-c2ccccc21)C(=O)O. The number of carboxylic acid groups (broad SMARTS) is 1. The van der Waals surface area contributed by atoms with Crippen molar-refractivity contribution >= 4 is 18.0 Å². The molecular formula is C26H32N2O5. The fourth-order valence-corrected chi connectivity index (χ4v) is 4.48. The molecule has 2 amide bonds. The normalized spacial score (nSPS) is 13.5. The second-order valence-corrected chi connectivity index (χ2v) is 8.39. The second kappa shape index (κ2) is 10.5. The van der Waals surface area contributed by atoms with E-state index in [-0.39, 0.29) is 12.5 Å². The molecule has 0 aliphatic heterocycles. The predicted molar refractivity (Wildman–Crippen MR) is 126 cm³/mol. The Labute approximate surface area is 194 Å². The van der Waals surface area contributed by atoms with Crippen LogP contribution in [0.15, 0.2) is 48.5 Å². The van der Waals surface area contributed by atoms with Crippen LogP contribution in [0, 0.1) is 0 Å². The van der Waals surface area contributed by atoms with Gasteiger partial charge in [0.15, 0.2) is 0 Å². The maximum atomic E-state index is 13.0. The maximum absolute atomic E-state index is 13.0. The van der Waals surface area contributed by atoms with Crippen molar-refractivity contribution in [1.29, 1.82) is 0 Å². The lowest BCUT2D eigenvalue weighted by Gasteiger charge is -2.32. The highest BCUT2D eigenvalue weighted by Crippen LogP contribution is 2.44. The number of alkyl carbamates (subject to hydrolysis) is 1. The van der Waals surface area contributed by atoms with Gasteiger partial charge in [0, 0.05) is 5.92 Å². The molecule has 1 aliphatic rings. The number of nitrogens with one attached hydrogen (secondary N) is 2. The molecule has 2 aromatic rings. The third kappa shape index (κ3) is 5.02. The third-order valence-electron chi connectivity index (χ3n) is 6.51. The summed E-state index contributed by atoms with van der Waals surface area (Å²) < 4.78 is 5.60. The van der Waals surface area contributed by atoms with Crippen molar-refractivity contribution in [2.24, 2.45) is 0 Å². The summed E-state index contributed by atoms with van der Waals surface area (Å²) in [6.07, 6.45) is 0.839. The van der Waals surface area contributed by atoms with E-state index >= 15 is 0 Å². The van der Waals surface area contributed by atoms with Crippen molar-refractivity contribution in [2.75, 3.05) is 6.61 Å². The van der Waals surface area contributed by atoms with Gasteiger partial charge >= 0.3 is 12.1 Å². The minimum atomic E-state index is -1.25. The fourth-order valence-electron chi connectivity index (χ4n) is 4.48. The van der Waals surface area contributed by atoms with Crippen LogP contribution >= 0.6 is 0 Å². The topological polar surface area (TPSA) is 105 Å². The Morgan fingerprint density at radius 1 is 0.970 bits per heavy atom. The molecule has 33 heavy (non-hydrogen) atoms. The number of amides is 2. The average molecular weight is 453 g/mol. The molecule has 1 aliphatic carbocycles. The zero-order valence-corrected chi connectivity index (χ0v) is 19.4. The van der Waals surface area contributed by atoms with Gasteiger partial charge in [-0.3, -0.25) is 4.79 Å². The highest BCUT2D eigenvalue weighted by Gasteiger charge is 2.39. The summed E-state index contributed by atoms with van der Waals surface area (Å²) in [5, 5.41) is 14.7. The Morgan fingerprint density at radius 3 is 2.00 bits per heavy atom. The third-order valence-corrected chi connectivity index (χ3v) is 6.51. The van der Waals surface area contributed by atoms with Gasteiger partial charge in [-0.15, -0.1) is 0 Å². The molecule has 0 saturated heterocycles.